The fourth-order valence-electron chi connectivity index (χ4n) is 1.12. The highest BCUT2D eigenvalue weighted by atomic mass is 19.3. The van der Waals surface area contributed by atoms with Gasteiger partial charge in [-0.2, -0.15) is 5.10 Å². The zero-order valence-electron chi connectivity index (χ0n) is 8.99. The summed E-state index contributed by atoms with van der Waals surface area (Å²) in [6.45, 7) is 3.93. The first-order chi connectivity index (χ1) is 7.13. The first-order valence-corrected chi connectivity index (χ1v) is 5.04. The number of rotatable bonds is 6. The molecule has 5 heteroatoms. The summed E-state index contributed by atoms with van der Waals surface area (Å²) in [4.78, 5) is 0. The fourth-order valence-corrected chi connectivity index (χ4v) is 1.12. The minimum absolute atomic E-state index is 0.139. The quantitative estimate of drug-likeness (QED) is 0.733. The molecule has 0 spiro atoms. The molecular weight excluding hydrogens is 202 g/mol. The summed E-state index contributed by atoms with van der Waals surface area (Å²) >= 11 is 0. The lowest BCUT2D eigenvalue weighted by molar-refractivity contribution is 0.0439. The minimum Gasteiger partial charge on any atom is -0.372 e. The molecule has 0 aromatic carbocycles. The van der Waals surface area contributed by atoms with Crippen LogP contribution < -0.4 is 0 Å². The van der Waals surface area contributed by atoms with Crippen LogP contribution in [0.1, 0.15) is 26.0 Å². The van der Waals surface area contributed by atoms with Gasteiger partial charge in [-0.3, -0.25) is 4.68 Å². The minimum atomic E-state index is -2.38. The maximum absolute atomic E-state index is 12.1. The molecule has 0 fully saturated rings. The smallest absolute Gasteiger partial charge is 0.257 e. The summed E-state index contributed by atoms with van der Waals surface area (Å²) in [5.74, 6) is 0. The SMILES string of the molecule is CCC(C)OCc1ccnn1CC(F)F. The second-order valence-corrected chi connectivity index (χ2v) is 3.43. The second kappa shape index (κ2) is 5.80. The van der Waals surface area contributed by atoms with Crippen LogP contribution in [0.2, 0.25) is 0 Å². The fraction of sp³-hybridized carbons (Fsp3) is 0.700. The molecule has 15 heavy (non-hydrogen) atoms. The van der Waals surface area contributed by atoms with Crippen molar-refractivity contribution < 1.29 is 13.5 Å². The molecule has 1 aromatic rings. The van der Waals surface area contributed by atoms with E-state index in [9.17, 15) is 8.78 Å². The molecule has 0 radical (unpaired) electrons. The molecule has 1 heterocycles. The molecule has 0 aliphatic heterocycles. The van der Waals surface area contributed by atoms with E-state index in [1.165, 1.54) is 10.9 Å². The van der Waals surface area contributed by atoms with E-state index in [0.717, 1.165) is 6.42 Å². The largest absolute Gasteiger partial charge is 0.372 e. The molecule has 1 unspecified atom stereocenters. The number of hydrogen-bond acceptors (Lipinski definition) is 2. The predicted octanol–water partition coefficient (Wildman–Crippen LogP) is 2.46. The molecule has 0 aliphatic carbocycles. The Kier molecular flexibility index (Phi) is 4.68. The van der Waals surface area contributed by atoms with Crippen molar-refractivity contribution in [1.82, 2.24) is 9.78 Å². The Morgan fingerprint density at radius 3 is 2.87 bits per heavy atom. The number of halogens is 2. The van der Waals surface area contributed by atoms with Crippen molar-refractivity contribution >= 4 is 0 Å². The van der Waals surface area contributed by atoms with Crippen LogP contribution >= 0.6 is 0 Å². The van der Waals surface area contributed by atoms with E-state index in [1.807, 2.05) is 13.8 Å². The average Bonchev–Trinajstić information content (AvgIpc) is 2.61. The third-order valence-corrected chi connectivity index (χ3v) is 2.21. The van der Waals surface area contributed by atoms with E-state index in [4.69, 9.17) is 4.74 Å². The summed E-state index contributed by atoms with van der Waals surface area (Å²) in [5, 5.41) is 3.82. The lowest BCUT2D eigenvalue weighted by Gasteiger charge is -2.11. The van der Waals surface area contributed by atoms with Gasteiger partial charge >= 0.3 is 0 Å². The van der Waals surface area contributed by atoms with E-state index in [0.29, 0.717) is 12.3 Å². The van der Waals surface area contributed by atoms with Crippen LogP contribution in [-0.4, -0.2) is 22.3 Å². The highest BCUT2D eigenvalue weighted by Crippen LogP contribution is 2.07. The van der Waals surface area contributed by atoms with Gasteiger partial charge in [0, 0.05) is 6.20 Å². The summed E-state index contributed by atoms with van der Waals surface area (Å²) in [6, 6.07) is 1.70. The van der Waals surface area contributed by atoms with E-state index in [1.54, 1.807) is 6.07 Å². The molecule has 86 valence electrons. The zero-order chi connectivity index (χ0) is 11.3. The van der Waals surface area contributed by atoms with Crippen molar-refractivity contribution in [2.75, 3.05) is 0 Å². The maximum Gasteiger partial charge on any atom is 0.257 e. The van der Waals surface area contributed by atoms with Crippen LogP contribution in [0, 0.1) is 0 Å². The Morgan fingerprint density at radius 2 is 2.27 bits per heavy atom. The van der Waals surface area contributed by atoms with Gasteiger partial charge in [0.05, 0.1) is 18.4 Å². The van der Waals surface area contributed by atoms with Crippen LogP contribution in [0.15, 0.2) is 12.3 Å². The third kappa shape index (κ3) is 3.95. The van der Waals surface area contributed by atoms with Crippen molar-refractivity contribution in [3.8, 4) is 0 Å². The molecule has 0 N–H and O–H groups in total. The Balaban J connectivity index is 2.49. The number of hydrogen-bond donors (Lipinski definition) is 0. The van der Waals surface area contributed by atoms with Gasteiger partial charge in [-0.25, -0.2) is 8.78 Å². The van der Waals surface area contributed by atoms with Gasteiger partial charge in [-0.15, -0.1) is 0 Å². The van der Waals surface area contributed by atoms with Crippen molar-refractivity contribution in [2.24, 2.45) is 0 Å². The molecule has 0 saturated carbocycles. The molecule has 1 rings (SSSR count). The Labute approximate surface area is 88.0 Å². The number of ether oxygens (including phenoxy) is 1. The lowest BCUT2D eigenvalue weighted by Crippen LogP contribution is -2.14. The second-order valence-electron chi connectivity index (χ2n) is 3.43. The first kappa shape index (κ1) is 12.1. The van der Waals surface area contributed by atoms with Gasteiger partial charge in [0.1, 0.15) is 6.54 Å². The Morgan fingerprint density at radius 1 is 1.53 bits per heavy atom. The van der Waals surface area contributed by atoms with Crippen molar-refractivity contribution in [2.45, 2.75) is 45.9 Å². The number of aromatic nitrogens is 2. The molecule has 1 atom stereocenters. The van der Waals surface area contributed by atoms with Gasteiger partial charge < -0.3 is 4.74 Å². The van der Waals surface area contributed by atoms with Crippen molar-refractivity contribution in [3.63, 3.8) is 0 Å². The van der Waals surface area contributed by atoms with E-state index < -0.39 is 6.43 Å². The standard InChI is InChI=1S/C10H16F2N2O/c1-3-8(2)15-7-9-4-5-13-14(9)6-10(11)12/h4-5,8,10H,3,6-7H2,1-2H3. The third-order valence-electron chi connectivity index (χ3n) is 2.21. The van der Waals surface area contributed by atoms with Gasteiger partial charge in [-0.1, -0.05) is 6.92 Å². The molecule has 0 aliphatic rings. The van der Waals surface area contributed by atoms with Crippen LogP contribution in [0.25, 0.3) is 0 Å². The number of nitrogens with zero attached hydrogens (tertiary/aromatic N) is 2. The summed E-state index contributed by atoms with van der Waals surface area (Å²) < 4.78 is 31.0. The van der Waals surface area contributed by atoms with E-state index >= 15 is 0 Å². The summed E-state index contributed by atoms with van der Waals surface area (Å²) in [7, 11) is 0. The first-order valence-electron chi connectivity index (χ1n) is 5.04. The monoisotopic (exact) mass is 218 g/mol. The molecule has 0 amide bonds. The van der Waals surface area contributed by atoms with Crippen LogP contribution in [-0.2, 0) is 17.9 Å². The van der Waals surface area contributed by atoms with Gasteiger partial charge in [-0.05, 0) is 19.4 Å². The van der Waals surface area contributed by atoms with Gasteiger partial charge in [0.25, 0.3) is 6.43 Å². The van der Waals surface area contributed by atoms with E-state index in [2.05, 4.69) is 5.10 Å². The summed E-state index contributed by atoms with van der Waals surface area (Å²) in [5.41, 5.74) is 0.690. The molecule has 1 aromatic heterocycles. The lowest BCUT2D eigenvalue weighted by atomic mass is 10.3. The summed E-state index contributed by atoms with van der Waals surface area (Å²) in [6.07, 6.45) is 0.174. The predicted molar refractivity (Wildman–Crippen MR) is 52.8 cm³/mol. The molecule has 0 saturated heterocycles. The molecular formula is C10H16F2N2O. The van der Waals surface area contributed by atoms with Crippen molar-refractivity contribution in [3.05, 3.63) is 18.0 Å². The van der Waals surface area contributed by atoms with Crippen molar-refractivity contribution in [1.29, 1.82) is 0 Å². The van der Waals surface area contributed by atoms with Crippen LogP contribution in [0.4, 0.5) is 8.78 Å². The molecule has 3 nitrogen and oxygen atoms in total. The van der Waals surface area contributed by atoms with Crippen LogP contribution in [0.5, 0.6) is 0 Å². The highest BCUT2D eigenvalue weighted by Gasteiger charge is 2.09. The Bertz CT molecular complexity index is 289. The Hall–Kier alpha value is -0.970. The van der Waals surface area contributed by atoms with Crippen LogP contribution in [0.3, 0.4) is 0 Å². The number of alkyl halides is 2. The topological polar surface area (TPSA) is 27.1 Å². The normalized spacial score (nSPS) is 13.4. The van der Waals surface area contributed by atoms with E-state index in [-0.39, 0.29) is 12.6 Å². The van der Waals surface area contributed by atoms with Gasteiger partial charge in [0.2, 0.25) is 0 Å². The zero-order valence-corrected chi connectivity index (χ0v) is 8.99. The van der Waals surface area contributed by atoms with Gasteiger partial charge in [0.15, 0.2) is 0 Å². The maximum atomic E-state index is 12.1. The molecule has 0 bridgehead atoms. The highest BCUT2D eigenvalue weighted by molar-refractivity contribution is 4.98. The average molecular weight is 218 g/mol.